The van der Waals surface area contributed by atoms with Crippen LogP contribution >= 0.6 is 28.3 Å². The smallest absolute Gasteiger partial charge is 0.240 e. The lowest BCUT2D eigenvalue weighted by atomic mass is 10.2. The highest BCUT2D eigenvalue weighted by Gasteiger charge is 2.45. The quantitative estimate of drug-likeness (QED) is 0.857. The van der Waals surface area contributed by atoms with Crippen LogP contribution < -0.4 is 15.8 Å². The van der Waals surface area contributed by atoms with Crippen LogP contribution in [-0.4, -0.2) is 24.1 Å². The predicted molar refractivity (Wildman–Crippen MR) is 80.6 cm³/mol. The summed E-state index contributed by atoms with van der Waals surface area (Å²) in [6, 6.07) is 7.62. The number of carbonyl (C=O) groups is 1. The molecule has 0 spiro atoms. The van der Waals surface area contributed by atoms with Crippen LogP contribution in [-0.2, 0) is 4.79 Å². The van der Waals surface area contributed by atoms with Crippen LogP contribution in [0, 0.1) is 0 Å². The second-order valence-electron chi connectivity index (χ2n) is 4.75. The Balaban J connectivity index is 0.00000180. The van der Waals surface area contributed by atoms with E-state index in [0.29, 0.717) is 6.54 Å². The summed E-state index contributed by atoms with van der Waals surface area (Å²) in [6.07, 6.45) is 1.46. The SMILES string of the molecule is CC(CNC(=O)C1(N)CC1)Oc1cccc(Br)c1.Cl. The molecular formula is C13H18BrClN2O2. The first kappa shape index (κ1) is 16.3. The normalized spacial score (nSPS) is 17.0. The molecule has 2 rings (SSSR count). The molecule has 1 aromatic rings. The summed E-state index contributed by atoms with van der Waals surface area (Å²) in [5, 5.41) is 2.82. The van der Waals surface area contributed by atoms with Crippen LogP contribution in [0.3, 0.4) is 0 Å². The van der Waals surface area contributed by atoms with Gasteiger partial charge in [0.15, 0.2) is 0 Å². The van der Waals surface area contributed by atoms with E-state index in [1.165, 1.54) is 0 Å². The average Bonchev–Trinajstić information content (AvgIpc) is 3.05. The highest BCUT2D eigenvalue weighted by molar-refractivity contribution is 9.10. The van der Waals surface area contributed by atoms with Crippen LogP contribution in [0.25, 0.3) is 0 Å². The van der Waals surface area contributed by atoms with Crippen molar-refractivity contribution in [3.63, 3.8) is 0 Å². The number of benzene rings is 1. The summed E-state index contributed by atoms with van der Waals surface area (Å²) < 4.78 is 6.66. The van der Waals surface area contributed by atoms with Crippen molar-refractivity contribution in [1.29, 1.82) is 0 Å². The molecule has 0 heterocycles. The second kappa shape index (κ2) is 6.59. The van der Waals surface area contributed by atoms with Gasteiger partial charge in [0.05, 0.1) is 12.1 Å². The Labute approximate surface area is 127 Å². The molecule has 0 radical (unpaired) electrons. The molecule has 19 heavy (non-hydrogen) atoms. The van der Waals surface area contributed by atoms with Gasteiger partial charge in [0, 0.05) is 4.47 Å². The summed E-state index contributed by atoms with van der Waals surface area (Å²) >= 11 is 3.38. The first-order chi connectivity index (χ1) is 8.49. The third kappa shape index (κ3) is 4.67. The molecule has 0 saturated heterocycles. The maximum atomic E-state index is 11.6. The summed E-state index contributed by atoms with van der Waals surface area (Å²) in [4.78, 5) is 11.6. The van der Waals surface area contributed by atoms with Gasteiger partial charge in [-0.15, -0.1) is 12.4 Å². The van der Waals surface area contributed by atoms with E-state index in [9.17, 15) is 4.79 Å². The lowest BCUT2D eigenvalue weighted by Gasteiger charge is -2.17. The number of ether oxygens (including phenoxy) is 1. The molecule has 1 unspecified atom stereocenters. The van der Waals surface area contributed by atoms with Crippen molar-refractivity contribution in [3.8, 4) is 5.75 Å². The molecule has 1 atom stereocenters. The summed E-state index contributed by atoms with van der Waals surface area (Å²) in [6.45, 7) is 2.38. The van der Waals surface area contributed by atoms with E-state index >= 15 is 0 Å². The molecule has 6 heteroatoms. The van der Waals surface area contributed by atoms with Crippen LogP contribution in [0.2, 0.25) is 0 Å². The average molecular weight is 350 g/mol. The third-order valence-electron chi connectivity index (χ3n) is 2.92. The van der Waals surface area contributed by atoms with Gasteiger partial charge in [-0.1, -0.05) is 22.0 Å². The number of hydrogen-bond acceptors (Lipinski definition) is 3. The lowest BCUT2D eigenvalue weighted by Crippen LogP contribution is -2.45. The van der Waals surface area contributed by atoms with Crippen molar-refractivity contribution in [3.05, 3.63) is 28.7 Å². The molecule has 1 aromatic carbocycles. The van der Waals surface area contributed by atoms with E-state index in [-0.39, 0.29) is 24.4 Å². The zero-order chi connectivity index (χ0) is 13.2. The highest BCUT2D eigenvalue weighted by Crippen LogP contribution is 2.32. The van der Waals surface area contributed by atoms with E-state index in [1.807, 2.05) is 31.2 Å². The summed E-state index contributed by atoms with van der Waals surface area (Å²) in [5.41, 5.74) is 5.17. The fraction of sp³-hybridized carbons (Fsp3) is 0.462. The monoisotopic (exact) mass is 348 g/mol. The minimum Gasteiger partial charge on any atom is -0.489 e. The van der Waals surface area contributed by atoms with Crippen LogP contribution in [0.15, 0.2) is 28.7 Å². The van der Waals surface area contributed by atoms with Gasteiger partial charge in [-0.25, -0.2) is 0 Å². The molecule has 0 aliphatic heterocycles. The Morgan fingerprint density at radius 1 is 1.58 bits per heavy atom. The van der Waals surface area contributed by atoms with Gasteiger partial charge in [-0.2, -0.15) is 0 Å². The minimum absolute atomic E-state index is 0. The summed E-state index contributed by atoms with van der Waals surface area (Å²) in [5.74, 6) is 0.701. The number of rotatable bonds is 5. The van der Waals surface area contributed by atoms with E-state index in [1.54, 1.807) is 0 Å². The van der Waals surface area contributed by atoms with E-state index in [4.69, 9.17) is 10.5 Å². The topological polar surface area (TPSA) is 64.4 Å². The van der Waals surface area contributed by atoms with Crippen molar-refractivity contribution in [2.75, 3.05) is 6.54 Å². The third-order valence-corrected chi connectivity index (χ3v) is 3.42. The molecule has 1 amide bonds. The van der Waals surface area contributed by atoms with Crippen molar-refractivity contribution in [2.45, 2.75) is 31.4 Å². The standard InChI is InChI=1S/C13H17BrN2O2.ClH/c1-9(8-16-12(17)13(15)5-6-13)18-11-4-2-3-10(14)7-11;/h2-4,7,9H,5-6,8,15H2,1H3,(H,16,17);1H. The van der Waals surface area contributed by atoms with Gasteiger partial charge >= 0.3 is 0 Å². The van der Waals surface area contributed by atoms with Gasteiger partial charge in [0.25, 0.3) is 0 Å². The highest BCUT2D eigenvalue weighted by atomic mass is 79.9. The first-order valence-electron chi connectivity index (χ1n) is 5.99. The van der Waals surface area contributed by atoms with Crippen LogP contribution in [0.1, 0.15) is 19.8 Å². The first-order valence-corrected chi connectivity index (χ1v) is 6.78. The van der Waals surface area contributed by atoms with Gasteiger partial charge in [-0.3, -0.25) is 4.79 Å². The zero-order valence-electron chi connectivity index (χ0n) is 10.7. The number of nitrogens with two attached hydrogens (primary N) is 1. The summed E-state index contributed by atoms with van der Waals surface area (Å²) in [7, 11) is 0. The van der Waals surface area contributed by atoms with Gasteiger partial charge in [0.2, 0.25) is 5.91 Å². The van der Waals surface area contributed by atoms with E-state index in [2.05, 4.69) is 21.2 Å². The molecule has 3 N–H and O–H groups in total. The molecule has 0 aromatic heterocycles. The Kier molecular flexibility index (Phi) is 5.64. The minimum atomic E-state index is -0.616. The number of halogens is 2. The van der Waals surface area contributed by atoms with E-state index in [0.717, 1.165) is 23.1 Å². The van der Waals surface area contributed by atoms with E-state index < -0.39 is 5.54 Å². The van der Waals surface area contributed by atoms with Gasteiger partial charge in [-0.05, 0) is 38.0 Å². The van der Waals surface area contributed by atoms with Crippen LogP contribution in [0.4, 0.5) is 0 Å². The van der Waals surface area contributed by atoms with Gasteiger partial charge in [0.1, 0.15) is 11.9 Å². The molecule has 1 aliphatic rings. The van der Waals surface area contributed by atoms with Crippen LogP contribution in [0.5, 0.6) is 5.75 Å². The predicted octanol–water partition coefficient (Wildman–Crippen LogP) is 2.25. The molecule has 1 fully saturated rings. The fourth-order valence-corrected chi connectivity index (χ4v) is 1.97. The second-order valence-corrected chi connectivity index (χ2v) is 5.67. The maximum Gasteiger partial charge on any atom is 0.240 e. The van der Waals surface area contributed by atoms with Crippen molar-refractivity contribution < 1.29 is 9.53 Å². The Bertz CT molecular complexity index is 452. The number of amides is 1. The Morgan fingerprint density at radius 3 is 2.84 bits per heavy atom. The van der Waals surface area contributed by atoms with Crippen molar-refractivity contribution in [2.24, 2.45) is 5.73 Å². The van der Waals surface area contributed by atoms with Gasteiger partial charge < -0.3 is 15.8 Å². The van der Waals surface area contributed by atoms with Crippen molar-refractivity contribution in [1.82, 2.24) is 5.32 Å². The maximum absolute atomic E-state index is 11.6. The largest absolute Gasteiger partial charge is 0.489 e. The molecule has 4 nitrogen and oxygen atoms in total. The number of carbonyl (C=O) groups excluding carboxylic acids is 1. The zero-order valence-corrected chi connectivity index (χ0v) is 13.1. The molecule has 1 saturated carbocycles. The molecule has 0 bridgehead atoms. The molecular weight excluding hydrogens is 332 g/mol. The fourth-order valence-electron chi connectivity index (χ4n) is 1.59. The lowest BCUT2D eigenvalue weighted by molar-refractivity contribution is -0.123. The Morgan fingerprint density at radius 2 is 2.26 bits per heavy atom. The number of hydrogen-bond donors (Lipinski definition) is 2. The molecule has 1 aliphatic carbocycles. The molecule has 106 valence electrons. The number of nitrogens with one attached hydrogen (secondary N) is 1. The Hall–Kier alpha value is -0.780. The van der Waals surface area contributed by atoms with Crippen molar-refractivity contribution >= 4 is 34.2 Å².